The number of carbonyl (C=O) groups excluding carboxylic acids is 1. The van der Waals surface area contributed by atoms with Crippen molar-refractivity contribution in [3.05, 3.63) is 24.4 Å². The molecule has 0 saturated carbocycles. The van der Waals surface area contributed by atoms with Crippen molar-refractivity contribution < 1.29 is 4.79 Å². The lowest BCUT2D eigenvalue weighted by Crippen LogP contribution is -2.19. The van der Waals surface area contributed by atoms with Gasteiger partial charge in [-0.05, 0) is 18.2 Å². The summed E-state index contributed by atoms with van der Waals surface area (Å²) in [5.74, 6) is 0. The predicted octanol–water partition coefficient (Wildman–Crippen LogP) is 1.06. The number of nitrogens with zero attached hydrogens (tertiary/aromatic N) is 2. The maximum atomic E-state index is 10.6. The van der Waals surface area contributed by atoms with E-state index in [0.29, 0.717) is 5.69 Å². The van der Waals surface area contributed by atoms with Crippen LogP contribution in [0.3, 0.4) is 0 Å². The number of amides is 2. The Hall–Kier alpha value is -2.04. The van der Waals surface area contributed by atoms with Crippen molar-refractivity contribution in [2.75, 3.05) is 5.32 Å². The van der Waals surface area contributed by atoms with Gasteiger partial charge in [0.15, 0.2) is 0 Å². The molecule has 0 spiro atoms. The Morgan fingerprint density at radius 3 is 3.07 bits per heavy atom. The van der Waals surface area contributed by atoms with Gasteiger partial charge in [-0.1, -0.05) is 0 Å². The van der Waals surface area contributed by atoms with Crippen molar-refractivity contribution in [2.45, 2.75) is 0 Å². The average Bonchev–Trinajstić information content (AvgIpc) is 2.46. The first kappa shape index (κ1) is 8.55. The van der Waals surface area contributed by atoms with Gasteiger partial charge in [0.2, 0.25) is 0 Å². The maximum Gasteiger partial charge on any atom is 0.316 e. The molecule has 1 aromatic heterocycles. The molecule has 0 aliphatic heterocycles. The number of anilines is 1. The zero-order valence-corrected chi connectivity index (χ0v) is 7.69. The van der Waals surface area contributed by atoms with Crippen LogP contribution in [0.25, 0.3) is 10.9 Å². The molecule has 1 aromatic carbocycles. The third kappa shape index (κ3) is 1.39. The molecule has 0 radical (unpaired) electrons. The first-order chi connectivity index (χ1) is 6.66. The minimum Gasteiger partial charge on any atom is -0.351 e. The molecule has 0 aliphatic rings. The number of carbonyl (C=O) groups is 1. The van der Waals surface area contributed by atoms with Gasteiger partial charge >= 0.3 is 6.03 Å². The van der Waals surface area contributed by atoms with Gasteiger partial charge in [0.25, 0.3) is 0 Å². The number of hydrogen-bond acceptors (Lipinski definition) is 2. The molecule has 14 heavy (non-hydrogen) atoms. The van der Waals surface area contributed by atoms with E-state index < -0.39 is 6.03 Å². The molecule has 2 rings (SSSR count). The summed E-state index contributed by atoms with van der Waals surface area (Å²) in [6, 6.07) is 4.93. The first-order valence-electron chi connectivity index (χ1n) is 4.15. The van der Waals surface area contributed by atoms with Crippen LogP contribution in [-0.4, -0.2) is 15.8 Å². The fourth-order valence-corrected chi connectivity index (χ4v) is 1.38. The Balaban J connectivity index is 2.46. The molecule has 0 unspecified atom stereocenters. The summed E-state index contributed by atoms with van der Waals surface area (Å²) in [5, 5.41) is 7.57. The zero-order valence-electron chi connectivity index (χ0n) is 7.69. The van der Waals surface area contributed by atoms with Crippen LogP contribution in [0.15, 0.2) is 24.4 Å². The summed E-state index contributed by atoms with van der Waals surface area (Å²) in [4.78, 5) is 10.6. The fourth-order valence-electron chi connectivity index (χ4n) is 1.38. The minimum absolute atomic E-state index is 0.562. The first-order valence-corrected chi connectivity index (χ1v) is 4.15. The number of nitrogens with one attached hydrogen (secondary N) is 1. The number of urea groups is 1. The summed E-state index contributed by atoms with van der Waals surface area (Å²) in [6.45, 7) is 0. The summed E-state index contributed by atoms with van der Waals surface area (Å²) >= 11 is 0. The SMILES string of the molecule is Cn1ncc2cc(NC(N)=O)ccc21. The Kier molecular flexibility index (Phi) is 1.85. The molecular weight excluding hydrogens is 180 g/mol. The van der Waals surface area contributed by atoms with E-state index in [-0.39, 0.29) is 0 Å². The van der Waals surface area contributed by atoms with Gasteiger partial charge in [0.05, 0.1) is 11.7 Å². The number of fused-ring (bicyclic) bond motifs is 1. The standard InChI is InChI=1S/C9H10N4O/c1-13-8-3-2-7(12-9(10)14)4-6(8)5-11-13/h2-5H,1H3,(H3,10,12,14). The molecular formula is C9H10N4O. The highest BCUT2D eigenvalue weighted by Gasteiger charge is 2.01. The van der Waals surface area contributed by atoms with Crippen molar-refractivity contribution in [3.63, 3.8) is 0 Å². The second-order valence-corrected chi connectivity index (χ2v) is 3.03. The Labute approximate surface area is 80.5 Å². The molecule has 5 heteroatoms. The van der Waals surface area contributed by atoms with Gasteiger partial charge in [-0.2, -0.15) is 5.10 Å². The van der Waals surface area contributed by atoms with Crippen LogP contribution in [0.4, 0.5) is 10.5 Å². The third-order valence-corrected chi connectivity index (χ3v) is 2.01. The van der Waals surface area contributed by atoms with Gasteiger partial charge in [-0.3, -0.25) is 4.68 Å². The molecule has 0 aliphatic carbocycles. The molecule has 1 heterocycles. The number of hydrogen-bond donors (Lipinski definition) is 2. The molecule has 0 bridgehead atoms. The Morgan fingerprint density at radius 2 is 2.36 bits per heavy atom. The average molecular weight is 190 g/mol. The second-order valence-electron chi connectivity index (χ2n) is 3.03. The van der Waals surface area contributed by atoms with E-state index in [4.69, 9.17) is 5.73 Å². The summed E-state index contributed by atoms with van der Waals surface area (Å²) in [5.41, 5.74) is 6.70. The quantitative estimate of drug-likeness (QED) is 0.705. The maximum absolute atomic E-state index is 10.6. The van der Waals surface area contributed by atoms with Crippen molar-refractivity contribution >= 4 is 22.6 Å². The monoisotopic (exact) mass is 190 g/mol. The van der Waals surface area contributed by atoms with E-state index in [1.54, 1.807) is 16.9 Å². The molecule has 0 fully saturated rings. The minimum atomic E-state index is -0.562. The summed E-state index contributed by atoms with van der Waals surface area (Å²) in [6.07, 6.45) is 1.74. The molecule has 72 valence electrons. The number of aryl methyl sites for hydroxylation is 1. The third-order valence-electron chi connectivity index (χ3n) is 2.01. The second kappa shape index (κ2) is 3.02. The van der Waals surface area contributed by atoms with Crippen molar-refractivity contribution in [3.8, 4) is 0 Å². The van der Waals surface area contributed by atoms with E-state index in [0.717, 1.165) is 10.9 Å². The normalized spacial score (nSPS) is 10.4. The lowest BCUT2D eigenvalue weighted by molar-refractivity contribution is 0.259. The predicted molar refractivity (Wildman–Crippen MR) is 53.9 cm³/mol. The van der Waals surface area contributed by atoms with Crippen molar-refractivity contribution in [1.82, 2.24) is 9.78 Å². The highest BCUT2D eigenvalue weighted by Crippen LogP contribution is 2.17. The van der Waals surface area contributed by atoms with Crippen LogP contribution >= 0.6 is 0 Å². The van der Waals surface area contributed by atoms with Crippen LogP contribution in [0.2, 0.25) is 0 Å². The summed E-state index contributed by atoms with van der Waals surface area (Å²) < 4.78 is 1.77. The molecule has 2 aromatic rings. The number of primary amides is 1. The largest absolute Gasteiger partial charge is 0.351 e. The van der Waals surface area contributed by atoms with Crippen LogP contribution in [0, 0.1) is 0 Å². The highest BCUT2D eigenvalue weighted by atomic mass is 16.2. The smallest absolute Gasteiger partial charge is 0.316 e. The topological polar surface area (TPSA) is 72.9 Å². The van der Waals surface area contributed by atoms with Gasteiger partial charge in [-0.25, -0.2) is 4.79 Å². The van der Waals surface area contributed by atoms with Gasteiger partial charge in [-0.15, -0.1) is 0 Å². The molecule has 0 saturated heterocycles. The Morgan fingerprint density at radius 1 is 1.57 bits per heavy atom. The summed E-state index contributed by atoms with van der Waals surface area (Å²) in [7, 11) is 1.86. The van der Waals surface area contributed by atoms with Gasteiger partial charge in [0, 0.05) is 18.1 Å². The number of aromatic nitrogens is 2. The molecule has 2 amide bonds. The van der Waals surface area contributed by atoms with E-state index in [1.807, 2.05) is 19.2 Å². The molecule has 5 nitrogen and oxygen atoms in total. The lowest BCUT2D eigenvalue weighted by Gasteiger charge is -2.01. The fraction of sp³-hybridized carbons (Fsp3) is 0.111. The number of nitrogens with two attached hydrogens (primary N) is 1. The van der Waals surface area contributed by atoms with E-state index in [1.165, 1.54) is 0 Å². The van der Waals surface area contributed by atoms with Crippen molar-refractivity contribution in [1.29, 1.82) is 0 Å². The number of rotatable bonds is 1. The van der Waals surface area contributed by atoms with Gasteiger partial charge in [0.1, 0.15) is 0 Å². The van der Waals surface area contributed by atoms with Crippen molar-refractivity contribution in [2.24, 2.45) is 12.8 Å². The zero-order chi connectivity index (χ0) is 10.1. The van der Waals surface area contributed by atoms with Crippen LogP contribution in [-0.2, 0) is 7.05 Å². The highest BCUT2D eigenvalue weighted by molar-refractivity contribution is 5.91. The lowest BCUT2D eigenvalue weighted by atomic mass is 10.2. The van der Waals surface area contributed by atoms with E-state index in [9.17, 15) is 4.79 Å². The van der Waals surface area contributed by atoms with E-state index >= 15 is 0 Å². The van der Waals surface area contributed by atoms with Crippen LogP contribution < -0.4 is 11.1 Å². The number of benzene rings is 1. The Bertz CT molecular complexity index is 489. The van der Waals surface area contributed by atoms with Crippen LogP contribution in [0.1, 0.15) is 0 Å². The molecule has 3 N–H and O–H groups in total. The molecule has 0 atom stereocenters. The van der Waals surface area contributed by atoms with Gasteiger partial charge < -0.3 is 11.1 Å². The van der Waals surface area contributed by atoms with E-state index in [2.05, 4.69) is 10.4 Å². The van der Waals surface area contributed by atoms with Crippen LogP contribution in [0.5, 0.6) is 0 Å².